The molecule has 0 aliphatic rings. The smallest absolute Gasteiger partial charge is 0.744 e. The van der Waals surface area contributed by atoms with Gasteiger partial charge in [-0.1, -0.05) is 11.6 Å². The van der Waals surface area contributed by atoms with E-state index < -0.39 is 15.0 Å². The number of halogens is 1. The number of anilines is 1. The van der Waals surface area contributed by atoms with Crippen molar-refractivity contribution in [2.75, 3.05) is 5.32 Å². The molecule has 0 radical (unpaired) electrons. The largest absolute Gasteiger partial charge is 1.00 e. The average Bonchev–Trinajstić information content (AvgIpc) is 2.90. The molecule has 4 rings (SSSR count). The summed E-state index contributed by atoms with van der Waals surface area (Å²) < 4.78 is 39.1. The Hall–Kier alpha value is -1.96. The maximum absolute atomic E-state index is 11.5. The SMILES string of the molecule is CC(=O)Nc1ccc2c(O)c(N=Nc3ccc(N=Nc4ccc(Cl)cc4S(=O)(=O)[O-])c(C)c3)c(SOO[O-])cc2c1.[Na+].[Na+]. The number of nitrogens with zero attached hydrogens (tertiary/aromatic N) is 4. The van der Waals surface area contributed by atoms with E-state index in [1.807, 2.05) is 0 Å². The second-order valence-electron chi connectivity index (χ2n) is 8.35. The molecule has 18 heteroatoms. The number of azo groups is 2. The Labute approximate surface area is 299 Å². The number of phenolic OH excluding ortho intramolecular Hbond substituents is 1. The Bertz CT molecular complexity index is 1830. The number of nitrogens with one attached hydrogen (secondary N) is 1. The first-order chi connectivity index (χ1) is 19.5. The van der Waals surface area contributed by atoms with E-state index in [2.05, 4.69) is 35.1 Å². The fourth-order valence-electron chi connectivity index (χ4n) is 3.64. The number of benzene rings is 4. The zero-order valence-electron chi connectivity index (χ0n) is 23.1. The summed E-state index contributed by atoms with van der Waals surface area (Å²) in [5.41, 5.74) is 1.60. The van der Waals surface area contributed by atoms with E-state index in [0.717, 1.165) is 6.07 Å². The summed E-state index contributed by atoms with van der Waals surface area (Å²) in [7, 11) is -4.83. The van der Waals surface area contributed by atoms with Gasteiger partial charge in [0.05, 0.1) is 33.2 Å². The Kier molecular flexibility index (Phi) is 14.2. The van der Waals surface area contributed by atoms with E-state index in [-0.39, 0.29) is 92.1 Å². The number of aryl methyl sites for hydroxylation is 1. The van der Waals surface area contributed by atoms with Crippen molar-refractivity contribution in [2.24, 2.45) is 20.5 Å². The van der Waals surface area contributed by atoms with Gasteiger partial charge in [0.2, 0.25) is 5.91 Å². The van der Waals surface area contributed by atoms with Crippen molar-refractivity contribution in [3.8, 4) is 5.75 Å². The van der Waals surface area contributed by atoms with Gasteiger partial charge in [-0.25, -0.2) is 8.42 Å². The third-order valence-electron chi connectivity index (χ3n) is 5.43. The molecule has 212 valence electrons. The molecule has 0 bridgehead atoms. The molecule has 0 aromatic heterocycles. The molecule has 0 aliphatic heterocycles. The number of carbonyl (C=O) groups excluding carboxylic acids is 1. The van der Waals surface area contributed by atoms with Crippen LogP contribution >= 0.6 is 23.6 Å². The van der Waals surface area contributed by atoms with Crippen LogP contribution in [0.15, 0.2) is 90.9 Å². The third kappa shape index (κ3) is 9.76. The van der Waals surface area contributed by atoms with Crippen molar-refractivity contribution in [2.45, 2.75) is 23.6 Å². The number of rotatable bonds is 9. The average molecular weight is 662 g/mol. The van der Waals surface area contributed by atoms with Crippen LogP contribution in [0.1, 0.15) is 12.5 Å². The third-order valence-corrected chi connectivity index (χ3v) is 7.14. The summed E-state index contributed by atoms with van der Waals surface area (Å²) in [5, 5.41) is 44.6. The van der Waals surface area contributed by atoms with Gasteiger partial charge in [0, 0.05) is 23.0 Å². The molecule has 1 amide bonds. The van der Waals surface area contributed by atoms with Gasteiger partial charge in [-0.3, -0.25) is 9.83 Å². The van der Waals surface area contributed by atoms with E-state index in [9.17, 15) is 28.1 Å². The Morgan fingerprint density at radius 2 is 1.67 bits per heavy atom. The predicted molar refractivity (Wildman–Crippen MR) is 147 cm³/mol. The predicted octanol–water partition coefficient (Wildman–Crippen LogP) is 0.439. The first kappa shape index (κ1) is 37.2. The monoisotopic (exact) mass is 661 g/mol. The molecule has 0 saturated carbocycles. The topological polar surface area (TPSA) is 197 Å². The summed E-state index contributed by atoms with van der Waals surface area (Å²) in [5.74, 6) is -0.531. The molecule has 4 aromatic carbocycles. The second kappa shape index (κ2) is 16.4. The zero-order valence-corrected chi connectivity index (χ0v) is 29.5. The van der Waals surface area contributed by atoms with E-state index in [4.69, 9.17) is 11.6 Å². The molecule has 0 saturated heterocycles. The van der Waals surface area contributed by atoms with E-state index >= 15 is 0 Å². The number of hydrogen-bond donors (Lipinski definition) is 2. The van der Waals surface area contributed by atoms with Crippen molar-refractivity contribution >= 4 is 78.9 Å². The van der Waals surface area contributed by atoms with Crippen LogP contribution < -0.4 is 69.7 Å². The van der Waals surface area contributed by atoms with Crippen molar-refractivity contribution in [3.05, 3.63) is 71.2 Å². The van der Waals surface area contributed by atoms with Crippen molar-refractivity contribution in [1.82, 2.24) is 0 Å². The van der Waals surface area contributed by atoms with Crippen LogP contribution in [0.25, 0.3) is 10.8 Å². The Balaban J connectivity index is 0.00000323. The first-order valence-electron chi connectivity index (χ1n) is 11.4. The van der Waals surface area contributed by atoms with Gasteiger partial charge in [0.25, 0.3) is 0 Å². The van der Waals surface area contributed by atoms with Crippen LogP contribution in [-0.4, -0.2) is 24.0 Å². The second-order valence-corrected chi connectivity index (χ2v) is 10.9. The van der Waals surface area contributed by atoms with E-state index in [1.54, 1.807) is 49.4 Å². The van der Waals surface area contributed by atoms with Gasteiger partial charge in [-0.15, -0.1) is 10.2 Å². The minimum absolute atomic E-state index is 0. The zero-order chi connectivity index (χ0) is 29.7. The number of aromatic hydroxyl groups is 1. The fourth-order valence-corrected chi connectivity index (χ4v) is 5.01. The first-order valence-corrected chi connectivity index (χ1v) is 13.9. The Morgan fingerprint density at radius 3 is 2.33 bits per heavy atom. The number of phenols is 1. The molecular weight excluding hydrogens is 644 g/mol. The van der Waals surface area contributed by atoms with Gasteiger partial charge < -0.3 is 20.2 Å². The maximum Gasteiger partial charge on any atom is 1.00 e. The summed E-state index contributed by atoms with van der Waals surface area (Å²) in [4.78, 5) is 11.0. The number of amides is 1. The van der Waals surface area contributed by atoms with Crippen LogP contribution in [0, 0.1) is 6.92 Å². The van der Waals surface area contributed by atoms with Crippen LogP contribution in [0.2, 0.25) is 5.02 Å². The van der Waals surface area contributed by atoms with Crippen molar-refractivity contribution < 1.29 is 96.6 Å². The van der Waals surface area contributed by atoms with E-state index in [0.29, 0.717) is 45.4 Å². The van der Waals surface area contributed by atoms with Crippen molar-refractivity contribution in [1.29, 1.82) is 0 Å². The number of carbonyl (C=O) groups is 1. The van der Waals surface area contributed by atoms with Gasteiger partial charge in [-0.2, -0.15) is 14.6 Å². The molecule has 0 aliphatic carbocycles. The molecule has 0 unspecified atom stereocenters. The fraction of sp³-hybridized carbons (Fsp3) is 0.0800. The molecule has 0 fully saturated rings. The van der Waals surface area contributed by atoms with Gasteiger partial charge in [0.1, 0.15) is 21.5 Å². The molecule has 43 heavy (non-hydrogen) atoms. The van der Waals surface area contributed by atoms with Crippen LogP contribution in [0.3, 0.4) is 0 Å². The van der Waals surface area contributed by atoms with Gasteiger partial charge >= 0.3 is 59.1 Å². The normalized spacial score (nSPS) is 11.5. The molecule has 2 N–H and O–H groups in total. The summed E-state index contributed by atoms with van der Waals surface area (Å²) in [6, 6.07) is 14.7. The van der Waals surface area contributed by atoms with Crippen molar-refractivity contribution in [3.63, 3.8) is 0 Å². The molecular formula is C25H18ClN5Na2O8S2. The molecule has 0 spiro atoms. The summed E-state index contributed by atoms with van der Waals surface area (Å²) in [6.45, 7) is 3.06. The number of hydrogen-bond acceptors (Lipinski definition) is 13. The molecule has 0 atom stereocenters. The minimum Gasteiger partial charge on any atom is -0.744 e. The quantitative estimate of drug-likeness (QED) is 0.0638. The van der Waals surface area contributed by atoms with E-state index in [1.165, 1.54) is 19.1 Å². The molecule has 13 nitrogen and oxygen atoms in total. The molecule has 0 heterocycles. The summed E-state index contributed by atoms with van der Waals surface area (Å²) in [6.07, 6.45) is 0. The standard InChI is InChI=1S/C25H20ClN5O8S2.2Na/c1-13-9-18(5-8-20(13)29-30-21-7-3-16(26)12-23(21)41(35,36)37)28-31-24-22(40-39-38-34)11-15-10-17(27-14(2)32)4-6-19(15)25(24)33;;/h3-12,33-34H,1-2H3,(H,27,32)(H,35,36,37);;/q;2*+1/p-2. The summed E-state index contributed by atoms with van der Waals surface area (Å²) >= 11 is 6.31. The van der Waals surface area contributed by atoms with Gasteiger partial charge in [0.15, 0.2) is 5.75 Å². The number of fused-ring (bicyclic) bond motifs is 1. The van der Waals surface area contributed by atoms with Gasteiger partial charge in [-0.05, 0) is 78.5 Å². The molecule has 4 aromatic rings. The Morgan fingerprint density at radius 1 is 0.977 bits per heavy atom. The maximum atomic E-state index is 11.5. The van der Waals surface area contributed by atoms with Crippen LogP contribution in [-0.2, 0) is 24.3 Å². The van der Waals surface area contributed by atoms with Crippen LogP contribution in [0.4, 0.5) is 28.4 Å². The minimum atomic E-state index is -4.83. The van der Waals surface area contributed by atoms with Crippen LogP contribution in [0.5, 0.6) is 5.75 Å².